The first-order valence-electron chi connectivity index (χ1n) is 4.93. The van der Waals surface area contributed by atoms with Gasteiger partial charge in [0.15, 0.2) is 0 Å². The van der Waals surface area contributed by atoms with Crippen molar-refractivity contribution in [1.82, 2.24) is 8.42 Å². The molecule has 0 saturated carbocycles. The van der Waals surface area contributed by atoms with Crippen LogP contribution in [-0.4, -0.2) is 13.6 Å². The number of hydrogen-bond acceptors (Lipinski definition) is 4. The van der Waals surface area contributed by atoms with Crippen molar-refractivity contribution >= 4 is 10.9 Å². The number of hydrogen-bond donors (Lipinski definition) is 2. The Kier molecular flexibility index (Phi) is 3.48. The Morgan fingerprint density at radius 3 is 2.65 bits per heavy atom. The number of fused-ring (bicyclic) bond motifs is 1. The van der Waals surface area contributed by atoms with Crippen LogP contribution in [0.4, 0.5) is 0 Å². The van der Waals surface area contributed by atoms with E-state index in [0.29, 0.717) is 0 Å². The van der Waals surface area contributed by atoms with Gasteiger partial charge in [-0.3, -0.25) is 0 Å². The molecular weight excluding hydrogens is 335 g/mol. The van der Waals surface area contributed by atoms with Gasteiger partial charge in [-0.2, -0.15) is 0 Å². The van der Waals surface area contributed by atoms with Crippen molar-refractivity contribution in [3.05, 3.63) is 48.5 Å². The molecule has 0 atom stereocenters. The molecule has 6 heteroatoms. The number of aromatic nitrogens is 1. The van der Waals surface area contributed by atoms with Crippen LogP contribution in [0.15, 0.2) is 23.0 Å². The Morgan fingerprint density at radius 2 is 2.00 bits per heavy atom. The number of nitrogens with zero attached hydrogens (tertiary/aromatic N) is 1. The number of halogens is 1. The topological polar surface area (TPSA) is 79.4 Å². The predicted octanol–water partition coefficient (Wildman–Crippen LogP) is -1.49. The summed E-state index contributed by atoms with van der Waals surface area (Å²) in [6.45, 7) is 3.73. The molecule has 5 nitrogen and oxygen atoms in total. The molecule has 1 aromatic carbocycles. The number of rotatable bonds is 2. The third-order valence-electron chi connectivity index (χ3n) is 2.49. The van der Waals surface area contributed by atoms with Gasteiger partial charge in [-0.25, -0.2) is 0 Å². The van der Waals surface area contributed by atoms with Gasteiger partial charge in [-0.15, -0.1) is 0 Å². The van der Waals surface area contributed by atoms with Crippen molar-refractivity contribution in [2.24, 2.45) is 0 Å². The van der Waals surface area contributed by atoms with Crippen LogP contribution >= 0.6 is 0 Å². The molecule has 92 valence electrons. The van der Waals surface area contributed by atoms with Gasteiger partial charge >= 0.3 is 108 Å². The zero-order chi connectivity index (χ0) is 12.6. The molecule has 1 aromatic heterocycles. The van der Waals surface area contributed by atoms with E-state index >= 15 is 0 Å². The van der Waals surface area contributed by atoms with Crippen LogP contribution in [0.25, 0.3) is 10.9 Å². The van der Waals surface area contributed by atoms with Gasteiger partial charge in [0, 0.05) is 0 Å². The van der Waals surface area contributed by atoms with E-state index in [1.807, 2.05) is 26.0 Å². The molecule has 0 saturated heterocycles. The Labute approximate surface area is 108 Å². The molecule has 0 aliphatic heterocycles. The molecule has 2 N–H and O–H groups in total. The van der Waals surface area contributed by atoms with Crippen molar-refractivity contribution < 1.29 is 26.7 Å². The summed E-state index contributed by atoms with van der Waals surface area (Å²) >= 11 is -1.10. The number of aromatic amines is 1. The fourth-order valence-corrected chi connectivity index (χ4v) is 3.32. The van der Waals surface area contributed by atoms with Gasteiger partial charge in [0.2, 0.25) is 0 Å². The van der Waals surface area contributed by atoms with Gasteiger partial charge in [-0.05, 0) is 0 Å². The summed E-state index contributed by atoms with van der Waals surface area (Å²) in [6.07, 6.45) is 0. The fourth-order valence-electron chi connectivity index (χ4n) is 1.79. The number of H-pyrrole nitrogens is 1. The van der Waals surface area contributed by atoms with Gasteiger partial charge < -0.3 is 0 Å². The summed E-state index contributed by atoms with van der Waals surface area (Å²) in [5, 5.41) is 20.3. The van der Waals surface area contributed by atoms with Crippen molar-refractivity contribution in [2.75, 3.05) is 0 Å². The van der Waals surface area contributed by atoms with E-state index in [-0.39, 0.29) is 9.00 Å². The van der Waals surface area contributed by atoms with E-state index in [9.17, 15) is 10.0 Å². The first-order chi connectivity index (χ1) is 7.97. The Hall–Kier alpha value is -0.960. The molecule has 0 spiro atoms. The van der Waals surface area contributed by atoms with Crippen LogP contribution in [0.3, 0.4) is 0 Å². The van der Waals surface area contributed by atoms with E-state index in [1.54, 1.807) is 0 Å². The quantitative estimate of drug-likeness (QED) is 0.395. The van der Waals surface area contributed by atoms with Crippen LogP contribution in [0.5, 0.6) is 0 Å². The van der Waals surface area contributed by atoms with Gasteiger partial charge in [0.1, 0.15) is 0 Å². The van der Waals surface area contributed by atoms with Gasteiger partial charge in [0.25, 0.3) is 0 Å². The van der Waals surface area contributed by atoms with Crippen LogP contribution in [-0.2, 0) is 0 Å². The summed E-state index contributed by atoms with van der Waals surface area (Å²) < 4.78 is 0.821. The molecule has 0 radical (unpaired) electrons. The average Bonchev–Trinajstić information content (AvgIpc) is 2.19. The van der Waals surface area contributed by atoms with Crippen molar-refractivity contribution in [1.29, 1.82) is 0 Å². The molecule has 0 unspecified atom stereocenters. The molecule has 0 fully saturated rings. The Bertz CT molecular complexity index is 622. The van der Waals surface area contributed by atoms with E-state index in [0.717, 1.165) is 25.6 Å². The van der Waals surface area contributed by atoms with E-state index in [2.05, 4.69) is 4.98 Å². The number of nitrogens with one attached hydrogen (secondary N) is 1. The zero-order valence-corrected chi connectivity index (χ0v) is 11.5. The van der Waals surface area contributed by atoms with Crippen molar-refractivity contribution in [3.63, 3.8) is 0 Å². The number of pyridine rings is 1. The van der Waals surface area contributed by atoms with E-state index < -0.39 is 21.5 Å². The molecule has 2 aromatic rings. The molecule has 0 amide bonds. The fraction of sp³-hybridized carbons (Fsp3) is 0.182. The van der Waals surface area contributed by atoms with Crippen LogP contribution in [0.2, 0.25) is 0 Å². The number of aryl methyl sites for hydroxylation is 2. The maximum atomic E-state index is 11.4. The van der Waals surface area contributed by atoms with Gasteiger partial charge in [-0.1, -0.05) is 0 Å². The van der Waals surface area contributed by atoms with E-state index in [4.69, 9.17) is 5.21 Å². The van der Waals surface area contributed by atoms with Gasteiger partial charge in [0.05, 0.1) is 0 Å². The van der Waals surface area contributed by atoms with Crippen LogP contribution < -0.4 is 27.0 Å². The SMILES string of the molecule is Cc1cc(=O)[nH]c2c(C)cc([I-]N([O-])O)cc12. The second-order valence-electron chi connectivity index (χ2n) is 3.77. The first kappa shape index (κ1) is 12.5. The Balaban J connectivity index is 2.69. The third-order valence-corrected chi connectivity index (χ3v) is 4.08. The maximum absolute atomic E-state index is 11.4. The molecular formula is C11H11IN2O3-2. The minimum atomic E-state index is -1.10. The predicted molar refractivity (Wildman–Crippen MR) is 59.7 cm³/mol. The normalized spacial score (nSPS) is 11.6. The summed E-state index contributed by atoms with van der Waals surface area (Å²) in [5.74, 6) is 0. The second-order valence-corrected chi connectivity index (χ2v) is 6.33. The third kappa shape index (κ3) is 2.65. The summed E-state index contributed by atoms with van der Waals surface area (Å²) in [5.41, 5.74) is 2.43. The molecule has 0 aliphatic carbocycles. The van der Waals surface area contributed by atoms with Crippen LogP contribution in [0.1, 0.15) is 11.1 Å². The molecule has 1 heterocycles. The average molecular weight is 346 g/mol. The molecule has 0 bridgehead atoms. The van der Waals surface area contributed by atoms with Crippen molar-refractivity contribution in [3.8, 4) is 0 Å². The molecule has 17 heavy (non-hydrogen) atoms. The van der Waals surface area contributed by atoms with Crippen LogP contribution in [0, 0.1) is 22.6 Å². The zero-order valence-electron chi connectivity index (χ0n) is 9.32. The number of benzene rings is 1. The molecule has 2 rings (SSSR count). The van der Waals surface area contributed by atoms with E-state index in [1.165, 1.54) is 6.07 Å². The molecule has 0 aliphatic rings. The first-order valence-corrected chi connectivity index (χ1v) is 6.97. The summed E-state index contributed by atoms with van der Waals surface area (Å²) in [4.78, 5) is 14.2. The Morgan fingerprint density at radius 1 is 1.29 bits per heavy atom. The monoisotopic (exact) mass is 346 g/mol. The summed E-state index contributed by atoms with van der Waals surface area (Å²) in [6, 6.07) is 5.20. The summed E-state index contributed by atoms with van der Waals surface area (Å²) in [7, 11) is 0. The second kappa shape index (κ2) is 4.73. The van der Waals surface area contributed by atoms with Crippen molar-refractivity contribution in [2.45, 2.75) is 13.8 Å². The minimum absolute atomic E-state index is 0.000498. The standard InChI is InChI=1S/C11H11IN2O3/c1-6-4-10(15)13-11-7(2)3-8(5-9(6)11)12-14(16)17/h3-5,16H,1-2H3,(H,13,15)/q-2.